The standard InChI is InChI=1S/C14H19NO.ClH/c1-11-6-5-7-13(10-11)14(16)12(2)15-8-3-4-9-15;/h5-7,10,12H,3-4,8-9H2,1-2H3;1H. The molecule has 0 radical (unpaired) electrons. The van der Waals surface area contributed by atoms with Gasteiger partial charge in [0, 0.05) is 5.56 Å². The van der Waals surface area contributed by atoms with Crippen LogP contribution in [0.1, 0.15) is 35.7 Å². The maximum absolute atomic E-state index is 12.2. The minimum absolute atomic E-state index is 0. The zero-order chi connectivity index (χ0) is 11.5. The van der Waals surface area contributed by atoms with Gasteiger partial charge in [0.2, 0.25) is 0 Å². The summed E-state index contributed by atoms with van der Waals surface area (Å²) in [7, 11) is 0. The van der Waals surface area contributed by atoms with Crippen molar-refractivity contribution >= 4 is 18.2 Å². The predicted molar refractivity (Wildman–Crippen MR) is 73.0 cm³/mol. The summed E-state index contributed by atoms with van der Waals surface area (Å²) in [5.74, 6) is 0.255. The Morgan fingerprint density at radius 2 is 1.94 bits per heavy atom. The molecule has 1 saturated heterocycles. The van der Waals surface area contributed by atoms with E-state index < -0.39 is 0 Å². The van der Waals surface area contributed by atoms with Crippen LogP contribution < -0.4 is 0 Å². The quantitative estimate of drug-likeness (QED) is 0.772. The van der Waals surface area contributed by atoms with E-state index >= 15 is 0 Å². The fourth-order valence-corrected chi connectivity index (χ4v) is 2.33. The maximum Gasteiger partial charge on any atom is 0.179 e. The number of hydrogen-bond acceptors (Lipinski definition) is 2. The summed E-state index contributed by atoms with van der Waals surface area (Å²) in [6, 6.07) is 7.91. The molecule has 1 aromatic rings. The number of rotatable bonds is 3. The second-order valence-electron chi connectivity index (χ2n) is 4.65. The van der Waals surface area contributed by atoms with Crippen LogP contribution in [0.2, 0.25) is 0 Å². The third kappa shape index (κ3) is 3.30. The summed E-state index contributed by atoms with van der Waals surface area (Å²) in [6.45, 7) is 6.19. The average Bonchev–Trinajstić information content (AvgIpc) is 2.80. The minimum Gasteiger partial charge on any atom is -0.294 e. The van der Waals surface area contributed by atoms with E-state index in [1.165, 1.54) is 12.8 Å². The number of benzene rings is 1. The Morgan fingerprint density at radius 3 is 2.53 bits per heavy atom. The number of carbonyl (C=O) groups excluding carboxylic acids is 1. The molecular formula is C14H20ClNO. The summed E-state index contributed by atoms with van der Waals surface area (Å²) in [5.41, 5.74) is 2.00. The Morgan fingerprint density at radius 1 is 1.29 bits per heavy atom. The van der Waals surface area contributed by atoms with Crippen LogP contribution in [-0.4, -0.2) is 29.8 Å². The van der Waals surface area contributed by atoms with Crippen molar-refractivity contribution < 1.29 is 4.79 Å². The van der Waals surface area contributed by atoms with E-state index in [0.717, 1.165) is 24.2 Å². The number of halogens is 1. The van der Waals surface area contributed by atoms with Gasteiger partial charge in [0.05, 0.1) is 6.04 Å². The highest BCUT2D eigenvalue weighted by atomic mass is 35.5. The first kappa shape index (κ1) is 14.2. The fraction of sp³-hybridized carbons (Fsp3) is 0.500. The molecule has 0 amide bonds. The third-order valence-electron chi connectivity index (χ3n) is 3.37. The van der Waals surface area contributed by atoms with E-state index in [2.05, 4.69) is 4.90 Å². The predicted octanol–water partition coefficient (Wildman–Crippen LogP) is 3.08. The van der Waals surface area contributed by atoms with Gasteiger partial charge >= 0.3 is 0 Å². The minimum atomic E-state index is 0. The molecule has 94 valence electrons. The lowest BCUT2D eigenvalue weighted by Gasteiger charge is -2.22. The summed E-state index contributed by atoms with van der Waals surface area (Å²) in [4.78, 5) is 14.5. The molecule has 1 atom stereocenters. The molecule has 1 aromatic carbocycles. The zero-order valence-corrected chi connectivity index (χ0v) is 11.3. The molecule has 0 bridgehead atoms. The van der Waals surface area contributed by atoms with Crippen LogP contribution >= 0.6 is 12.4 Å². The highest BCUT2D eigenvalue weighted by Crippen LogP contribution is 2.16. The lowest BCUT2D eigenvalue weighted by atomic mass is 10.0. The van der Waals surface area contributed by atoms with Crippen molar-refractivity contribution in [1.29, 1.82) is 0 Å². The SMILES string of the molecule is Cc1cccc(C(=O)C(C)N2CCCC2)c1.Cl. The number of aryl methyl sites for hydroxylation is 1. The van der Waals surface area contributed by atoms with Crippen LogP contribution in [-0.2, 0) is 0 Å². The lowest BCUT2D eigenvalue weighted by molar-refractivity contribution is 0.0867. The largest absolute Gasteiger partial charge is 0.294 e. The Kier molecular flexibility index (Phi) is 5.16. The van der Waals surface area contributed by atoms with Crippen LogP contribution in [0.25, 0.3) is 0 Å². The molecule has 1 aliphatic heterocycles. The molecule has 2 rings (SSSR count). The molecule has 1 aliphatic rings. The highest BCUT2D eigenvalue weighted by molar-refractivity contribution is 6.00. The van der Waals surface area contributed by atoms with E-state index in [-0.39, 0.29) is 24.2 Å². The van der Waals surface area contributed by atoms with E-state index in [4.69, 9.17) is 0 Å². The van der Waals surface area contributed by atoms with Gasteiger partial charge in [0.15, 0.2) is 5.78 Å². The second kappa shape index (κ2) is 6.18. The first-order valence-electron chi connectivity index (χ1n) is 6.03. The van der Waals surface area contributed by atoms with E-state index in [1.54, 1.807) is 0 Å². The van der Waals surface area contributed by atoms with Gasteiger partial charge in [-0.2, -0.15) is 0 Å². The molecule has 2 nitrogen and oxygen atoms in total. The van der Waals surface area contributed by atoms with Crippen molar-refractivity contribution in [2.45, 2.75) is 32.7 Å². The first-order valence-corrected chi connectivity index (χ1v) is 6.03. The Hall–Kier alpha value is -0.860. The lowest BCUT2D eigenvalue weighted by Crippen LogP contribution is -2.36. The number of carbonyl (C=O) groups is 1. The van der Waals surface area contributed by atoms with Crippen LogP contribution in [0.15, 0.2) is 24.3 Å². The van der Waals surface area contributed by atoms with Gasteiger partial charge in [-0.05, 0) is 45.8 Å². The van der Waals surface area contributed by atoms with Crippen LogP contribution in [0.5, 0.6) is 0 Å². The third-order valence-corrected chi connectivity index (χ3v) is 3.37. The maximum atomic E-state index is 12.2. The molecule has 1 fully saturated rings. The van der Waals surface area contributed by atoms with Gasteiger partial charge in [-0.3, -0.25) is 9.69 Å². The second-order valence-corrected chi connectivity index (χ2v) is 4.65. The van der Waals surface area contributed by atoms with Crippen molar-refractivity contribution in [1.82, 2.24) is 4.90 Å². The van der Waals surface area contributed by atoms with E-state index in [0.29, 0.717) is 0 Å². The fourth-order valence-electron chi connectivity index (χ4n) is 2.33. The monoisotopic (exact) mass is 253 g/mol. The molecule has 0 aromatic heterocycles. The highest BCUT2D eigenvalue weighted by Gasteiger charge is 2.24. The Labute approximate surface area is 109 Å². The van der Waals surface area contributed by atoms with Crippen molar-refractivity contribution in [3.8, 4) is 0 Å². The topological polar surface area (TPSA) is 20.3 Å². The molecule has 1 heterocycles. The van der Waals surface area contributed by atoms with Crippen molar-refractivity contribution in [3.63, 3.8) is 0 Å². The van der Waals surface area contributed by atoms with E-state index in [1.807, 2.05) is 38.1 Å². The van der Waals surface area contributed by atoms with Gasteiger partial charge in [0.1, 0.15) is 0 Å². The summed E-state index contributed by atoms with van der Waals surface area (Å²) < 4.78 is 0. The normalized spacial score (nSPS) is 17.5. The summed E-state index contributed by atoms with van der Waals surface area (Å²) in [6.07, 6.45) is 2.46. The zero-order valence-electron chi connectivity index (χ0n) is 10.5. The number of Topliss-reactive ketones (excluding diaryl/α,β-unsaturated/α-hetero) is 1. The van der Waals surface area contributed by atoms with Crippen LogP contribution in [0, 0.1) is 6.92 Å². The smallest absolute Gasteiger partial charge is 0.179 e. The average molecular weight is 254 g/mol. The molecule has 1 unspecified atom stereocenters. The van der Waals surface area contributed by atoms with Gasteiger partial charge < -0.3 is 0 Å². The Bertz CT molecular complexity index is 386. The molecule has 0 aliphatic carbocycles. The first-order chi connectivity index (χ1) is 7.68. The summed E-state index contributed by atoms with van der Waals surface area (Å²) in [5, 5.41) is 0. The van der Waals surface area contributed by atoms with Crippen molar-refractivity contribution in [3.05, 3.63) is 35.4 Å². The van der Waals surface area contributed by atoms with Crippen LogP contribution in [0.3, 0.4) is 0 Å². The van der Waals surface area contributed by atoms with Crippen molar-refractivity contribution in [2.24, 2.45) is 0 Å². The molecule has 17 heavy (non-hydrogen) atoms. The molecule has 0 spiro atoms. The Balaban J connectivity index is 0.00000144. The summed E-state index contributed by atoms with van der Waals surface area (Å²) >= 11 is 0. The number of hydrogen-bond donors (Lipinski definition) is 0. The number of ketones is 1. The molecule has 3 heteroatoms. The van der Waals surface area contributed by atoms with E-state index in [9.17, 15) is 4.79 Å². The molecular weight excluding hydrogens is 234 g/mol. The molecule has 0 saturated carbocycles. The number of likely N-dealkylation sites (tertiary alicyclic amines) is 1. The number of nitrogens with zero attached hydrogens (tertiary/aromatic N) is 1. The van der Waals surface area contributed by atoms with Gasteiger partial charge in [-0.1, -0.05) is 23.8 Å². The van der Waals surface area contributed by atoms with Gasteiger partial charge in [-0.15, -0.1) is 12.4 Å². The van der Waals surface area contributed by atoms with Gasteiger partial charge in [0.25, 0.3) is 0 Å². The van der Waals surface area contributed by atoms with Crippen LogP contribution in [0.4, 0.5) is 0 Å². The molecule has 0 N–H and O–H groups in total. The van der Waals surface area contributed by atoms with Gasteiger partial charge in [-0.25, -0.2) is 0 Å². The van der Waals surface area contributed by atoms with Crippen molar-refractivity contribution in [2.75, 3.05) is 13.1 Å².